The van der Waals surface area contributed by atoms with Crippen LogP contribution in [0.5, 0.6) is 17.2 Å². The van der Waals surface area contributed by atoms with Crippen LogP contribution in [-0.4, -0.2) is 37.4 Å². The van der Waals surface area contributed by atoms with Gasteiger partial charge in [-0.1, -0.05) is 28.8 Å². The van der Waals surface area contributed by atoms with Crippen LogP contribution < -0.4 is 19.5 Å². The summed E-state index contributed by atoms with van der Waals surface area (Å²) in [6.07, 6.45) is 0. The molecule has 0 fully saturated rings. The fourth-order valence-electron chi connectivity index (χ4n) is 2.40. The zero-order chi connectivity index (χ0) is 19.4. The van der Waals surface area contributed by atoms with E-state index in [1.165, 1.54) is 33.5 Å². The van der Waals surface area contributed by atoms with Crippen LogP contribution in [0.2, 0.25) is 5.02 Å². The van der Waals surface area contributed by atoms with Crippen LogP contribution in [0.1, 0.15) is 10.4 Å². The highest BCUT2D eigenvalue weighted by Gasteiger charge is 2.19. The summed E-state index contributed by atoms with van der Waals surface area (Å²) in [6.45, 7) is 0. The summed E-state index contributed by atoms with van der Waals surface area (Å²) in [5.74, 6) is 0.799. The van der Waals surface area contributed by atoms with Crippen LogP contribution >= 0.6 is 11.6 Å². The van der Waals surface area contributed by atoms with E-state index in [0.717, 1.165) is 0 Å². The average molecular weight is 390 g/mol. The molecule has 8 nitrogen and oxygen atoms in total. The number of methoxy groups -OCH3 is 3. The Balaban J connectivity index is 1.85. The molecule has 140 valence electrons. The zero-order valence-corrected chi connectivity index (χ0v) is 15.5. The fraction of sp³-hybridized carbons (Fsp3) is 0.167. The van der Waals surface area contributed by atoms with E-state index in [2.05, 4.69) is 15.5 Å². The van der Waals surface area contributed by atoms with Crippen LogP contribution in [0.25, 0.3) is 11.5 Å². The van der Waals surface area contributed by atoms with Crippen molar-refractivity contribution in [1.29, 1.82) is 0 Å². The molecule has 27 heavy (non-hydrogen) atoms. The molecule has 1 aromatic heterocycles. The van der Waals surface area contributed by atoms with Gasteiger partial charge in [-0.2, -0.15) is 0 Å². The van der Waals surface area contributed by atoms with E-state index in [1.54, 1.807) is 24.3 Å². The van der Waals surface area contributed by atoms with Crippen molar-refractivity contribution in [3.05, 3.63) is 47.0 Å². The molecule has 0 aliphatic rings. The SMILES string of the molecule is COc1cc(C(=O)Nc2nnc(-c3ccccc3Cl)o2)cc(OC)c1OC. The minimum absolute atomic E-state index is 0.0660. The number of halogens is 1. The van der Waals surface area contributed by atoms with Crippen molar-refractivity contribution in [3.8, 4) is 28.7 Å². The minimum atomic E-state index is -0.483. The molecule has 3 rings (SSSR count). The van der Waals surface area contributed by atoms with Crippen molar-refractivity contribution in [2.45, 2.75) is 0 Å². The van der Waals surface area contributed by atoms with E-state index in [4.69, 9.17) is 30.2 Å². The van der Waals surface area contributed by atoms with Crippen LogP contribution in [0.4, 0.5) is 6.01 Å². The Morgan fingerprint density at radius 3 is 2.30 bits per heavy atom. The van der Waals surface area contributed by atoms with Gasteiger partial charge < -0.3 is 18.6 Å². The van der Waals surface area contributed by atoms with Gasteiger partial charge in [0, 0.05) is 5.56 Å². The van der Waals surface area contributed by atoms with Crippen LogP contribution in [0, 0.1) is 0 Å². The van der Waals surface area contributed by atoms with Gasteiger partial charge in [0.15, 0.2) is 11.5 Å². The van der Waals surface area contributed by atoms with Gasteiger partial charge in [0.05, 0.1) is 31.9 Å². The monoisotopic (exact) mass is 389 g/mol. The number of hydrogen-bond donors (Lipinski definition) is 1. The quantitative estimate of drug-likeness (QED) is 0.687. The molecule has 3 aromatic rings. The first-order valence-electron chi connectivity index (χ1n) is 7.77. The second-order valence-electron chi connectivity index (χ2n) is 5.26. The third-order valence-corrected chi connectivity index (χ3v) is 4.01. The Morgan fingerprint density at radius 1 is 1.04 bits per heavy atom. The van der Waals surface area contributed by atoms with E-state index >= 15 is 0 Å². The van der Waals surface area contributed by atoms with Crippen molar-refractivity contribution in [2.24, 2.45) is 0 Å². The first-order chi connectivity index (χ1) is 13.1. The standard InChI is InChI=1S/C18H16ClN3O5/c1-24-13-8-10(9-14(25-2)15(13)26-3)16(23)20-18-22-21-17(27-18)11-6-4-5-7-12(11)19/h4-9H,1-3H3,(H,20,22,23). The summed E-state index contributed by atoms with van der Waals surface area (Å²) in [7, 11) is 4.41. The highest BCUT2D eigenvalue weighted by molar-refractivity contribution is 6.33. The predicted molar refractivity (Wildman–Crippen MR) is 98.8 cm³/mol. The van der Waals surface area contributed by atoms with Crippen molar-refractivity contribution in [3.63, 3.8) is 0 Å². The normalized spacial score (nSPS) is 10.4. The topological polar surface area (TPSA) is 95.7 Å². The van der Waals surface area contributed by atoms with Gasteiger partial charge in [0.2, 0.25) is 5.75 Å². The van der Waals surface area contributed by atoms with Gasteiger partial charge >= 0.3 is 6.01 Å². The number of ether oxygens (including phenoxy) is 3. The molecule has 0 unspecified atom stereocenters. The number of benzene rings is 2. The number of nitrogens with one attached hydrogen (secondary N) is 1. The van der Waals surface area contributed by atoms with Crippen molar-refractivity contribution in [1.82, 2.24) is 10.2 Å². The molecule has 0 saturated carbocycles. The van der Waals surface area contributed by atoms with Gasteiger partial charge in [0.25, 0.3) is 11.8 Å². The van der Waals surface area contributed by atoms with E-state index < -0.39 is 5.91 Å². The molecule has 9 heteroatoms. The maximum atomic E-state index is 12.5. The molecule has 0 aliphatic heterocycles. The number of rotatable bonds is 6. The number of carbonyl (C=O) groups is 1. The van der Waals surface area contributed by atoms with Crippen LogP contribution in [-0.2, 0) is 0 Å². The molecule has 0 atom stereocenters. The number of nitrogens with zero attached hydrogens (tertiary/aromatic N) is 2. The number of aromatic nitrogens is 2. The molecule has 1 N–H and O–H groups in total. The largest absolute Gasteiger partial charge is 0.493 e. The number of hydrogen-bond acceptors (Lipinski definition) is 7. The summed E-state index contributed by atoms with van der Waals surface area (Å²) in [4.78, 5) is 12.5. The van der Waals surface area contributed by atoms with Crippen LogP contribution in [0.3, 0.4) is 0 Å². The summed E-state index contributed by atoms with van der Waals surface area (Å²) < 4.78 is 21.2. The highest BCUT2D eigenvalue weighted by Crippen LogP contribution is 2.38. The minimum Gasteiger partial charge on any atom is -0.493 e. The summed E-state index contributed by atoms with van der Waals surface area (Å²) in [5, 5.41) is 10.7. The Labute approximate surface area is 160 Å². The molecule has 0 spiro atoms. The zero-order valence-electron chi connectivity index (χ0n) is 14.8. The van der Waals surface area contributed by atoms with Crippen LogP contribution in [0.15, 0.2) is 40.8 Å². The molecule has 0 bridgehead atoms. The summed E-state index contributed by atoms with van der Waals surface area (Å²) in [6, 6.07) is 9.98. The Morgan fingerprint density at radius 2 is 1.70 bits per heavy atom. The maximum Gasteiger partial charge on any atom is 0.322 e. The van der Waals surface area contributed by atoms with Gasteiger partial charge in [-0.25, -0.2) is 0 Å². The molecular formula is C18H16ClN3O5. The van der Waals surface area contributed by atoms with Crippen molar-refractivity contribution < 1.29 is 23.4 Å². The molecule has 1 amide bonds. The fourth-order valence-corrected chi connectivity index (χ4v) is 2.62. The first kappa shape index (κ1) is 18.5. The average Bonchev–Trinajstić information content (AvgIpc) is 3.15. The van der Waals surface area contributed by atoms with Crippen molar-refractivity contribution >= 4 is 23.5 Å². The summed E-state index contributed by atoms with van der Waals surface area (Å²) >= 11 is 6.11. The summed E-state index contributed by atoms with van der Waals surface area (Å²) in [5.41, 5.74) is 0.835. The number of carbonyl (C=O) groups excluding carboxylic acids is 1. The molecule has 0 saturated heterocycles. The number of amides is 1. The van der Waals surface area contributed by atoms with E-state index in [0.29, 0.717) is 27.8 Å². The second kappa shape index (κ2) is 7.96. The Kier molecular flexibility index (Phi) is 5.46. The molecular weight excluding hydrogens is 374 g/mol. The lowest BCUT2D eigenvalue weighted by atomic mass is 10.1. The molecule has 0 radical (unpaired) electrons. The third kappa shape index (κ3) is 3.80. The molecule has 2 aromatic carbocycles. The third-order valence-electron chi connectivity index (χ3n) is 3.68. The predicted octanol–water partition coefficient (Wildman–Crippen LogP) is 3.67. The lowest BCUT2D eigenvalue weighted by Gasteiger charge is -2.13. The highest BCUT2D eigenvalue weighted by atomic mass is 35.5. The Bertz CT molecular complexity index is 948. The van der Waals surface area contributed by atoms with Gasteiger partial charge in [-0.05, 0) is 24.3 Å². The van der Waals surface area contributed by atoms with E-state index in [-0.39, 0.29) is 17.5 Å². The lowest BCUT2D eigenvalue weighted by molar-refractivity contribution is 0.102. The van der Waals surface area contributed by atoms with Crippen molar-refractivity contribution in [2.75, 3.05) is 26.6 Å². The number of anilines is 1. The molecule has 1 heterocycles. The molecule has 0 aliphatic carbocycles. The second-order valence-corrected chi connectivity index (χ2v) is 5.67. The lowest BCUT2D eigenvalue weighted by Crippen LogP contribution is -2.13. The van der Waals surface area contributed by atoms with Gasteiger partial charge in [-0.15, -0.1) is 5.10 Å². The van der Waals surface area contributed by atoms with Gasteiger partial charge in [0.1, 0.15) is 0 Å². The first-order valence-corrected chi connectivity index (χ1v) is 8.15. The van der Waals surface area contributed by atoms with E-state index in [9.17, 15) is 4.79 Å². The smallest absolute Gasteiger partial charge is 0.322 e. The Hall–Kier alpha value is -3.26. The maximum absolute atomic E-state index is 12.5. The van der Waals surface area contributed by atoms with E-state index in [1.807, 2.05) is 0 Å². The van der Waals surface area contributed by atoms with Gasteiger partial charge in [-0.3, -0.25) is 10.1 Å².